The zero-order chi connectivity index (χ0) is 8.55. The molecule has 0 bridgehead atoms. The molecule has 0 saturated heterocycles. The molecule has 0 aliphatic heterocycles. The molecule has 0 aromatic carbocycles. The number of fused-ring (bicyclic) bond motifs is 1. The van der Waals surface area contributed by atoms with Crippen LogP contribution >= 0.6 is 0 Å². The summed E-state index contributed by atoms with van der Waals surface area (Å²) in [6, 6.07) is 0. The molecule has 13 heavy (non-hydrogen) atoms. The van der Waals surface area contributed by atoms with Crippen LogP contribution in [0.3, 0.4) is 0 Å². The Morgan fingerprint density at radius 1 is 1.46 bits per heavy atom. The quantitative estimate of drug-likeness (QED) is 0.471. The Bertz CT molecular complexity index is 316. The first-order valence-electron chi connectivity index (χ1n) is 4.47. The van der Waals surface area contributed by atoms with E-state index in [1.807, 2.05) is 0 Å². The van der Waals surface area contributed by atoms with Crippen molar-refractivity contribution in [1.82, 2.24) is 0 Å². The molecule has 0 saturated carbocycles. The predicted molar refractivity (Wildman–Crippen MR) is 51.5 cm³/mol. The van der Waals surface area contributed by atoms with Crippen molar-refractivity contribution in [2.45, 2.75) is 20.3 Å². The van der Waals surface area contributed by atoms with E-state index in [9.17, 15) is 0 Å². The first-order chi connectivity index (χ1) is 5.77. The Morgan fingerprint density at radius 2 is 2.23 bits per heavy atom. The fraction of sp³-hybridized carbons (Fsp3) is 0.333. The van der Waals surface area contributed by atoms with E-state index < -0.39 is 0 Å². The topological polar surface area (TPSA) is 0 Å². The van der Waals surface area contributed by atoms with Crippen LogP contribution in [0.5, 0.6) is 0 Å². The second kappa shape index (κ2) is 4.36. The molecule has 0 amide bonds. The first kappa shape index (κ1) is 10.9. The molecule has 0 fully saturated rings. The minimum atomic E-state index is 0. The summed E-state index contributed by atoms with van der Waals surface area (Å²) < 4.78 is 0. The van der Waals surface area contributed by atoms with E-state index in [0.717, 1.165) is 6.42 Å². The van der Waals surface area contributed by atoms with Crippen molar-refractivity contribution < 1.29 is 25.8 Å². The van der Waals surface area contributed by atoms with E-state index in [4.69, 9.17) is 0 Å². The number of hydrogen-bond donors (Lipinski definition) is 0. The molecular formula is C12H13Hf-. The van der Waals surface area contributed by atoms with Gasteiger partial charge >= 0.3 is 0 Å². The average Bonchev–Trinajstić information content (AvgIpc) is 2.33. The summed E-state index contributed by atoms with van der Waals surface area (Å²) in [5.74, 6) is 0.653. The fourth-order valence-electron chi connectivity index (χ4n) is 1.75. The number of hydrogen-bond acceptors (Lipinski definition) is 0. The summed E-state index contributed by atoms with van der Waals surface area (Å²) in [5, 5.41) is 0. The molecule has 0 nitrogen and oxygen atoms in total. The number of rotatable bonds is 0. The average molecular weight is 336 g/mol. The zero-order valence-electron chi connectivity index (χ0n) is 8.09. The van der Waals surface area contributed by atoms with Gasteiger partial charge in [-0.3, -0.25) is 0 Å². The molecule has 2 aliphatic rings. The Kier molecular flexibility index (Phi) is 3.66. The van der Waals surface area contributed by atoms with E-state index in [-0.39, 0.29) is 25.8 Å². The van der Waals surface area contributed by atoms with Gasteiger partial charge in [-0.25, -0.2) is 0 Å². The van der Waals surface area contributed by atoms with Gasteiger partial charge in [0.1, 0.15) is 0 Å². The van der Waals surface area contributed by atoms with Crippen LogP contribution in [0, 0.1) is 12.0 Å². The second-order valence-corrected chi connectivity index (χ2v) is 3.55. The third-order valence-corrected chi connectivity index (χ3v) is 2.43. The largest absolute Gasteiger partial charge is 0.169 e. The van der Waals surface area contributed by atoms with Crippen LogP contribution in [0.2, 0.25) is 0 Å². The van der Waals surface area contributed by atoms with Crippen molar-refractivity contribution in [2.75, 3.05) is 0 Å². The van der Waals surface area contributed by atoms with Crippen molar-refractivity contribution in [2.24, 2.45) is 5.92 Å². The van der Waals surface area contributed by atoms with E-state index >= 15 is 0 Å². The Hall–Kier alpha value is -0.170. The van der Waals surface area contributed by atoms with E-state index in [1.54, 1.807) is 0 Å². The Morgan fingerprint density at radius 3 is 3.00 bits per heavy atom. The van der Waals surface area contributed by atoms with Gasteiger partial charge in [-0.2, -0.15) is 17.2 Å². The number of allylic oxidation sites excluding steroid dienone is 8. The van der Waals surface area contributed by atoms with Gasteiger partial charge in [0, 0.05) is 25.8 Å². The third-order valence-electron chi connectivity index (χ3n) is 2.43. The molecule has 2 rings (SSSR count). The molecule has 2 aliphatic carbocycles. The van der Waals surface area contributed by atoms with Gasteiger partial charge in [0.05, 0.1) is 0 Å². The molecule has 0 heterocycles. The summed E-state index contributed by atoms with van der Waals surface area (Å²) in [5.41, 5.74) is 4.00. The van der Waals surface area contributed by atoms with Crippen LogP contribution in [0.4, 0.5) is 0 Å². The maximum Gasteiger partial charge on any atom is 0 e. The molecule has 0 aromatic rings. The van der Waals surface area contributed by atoms with Crippen molar-refractivity contribution >= 4 is 0 Å². The molecule has 0 radical (unpaired) electrons. The fourth-order valence-corrected chi connectivity index (χ4v) is 1.75. The van der Waals surface area contributed by atoms with Crippen molar-refractivity contribution in [3.8, 4) is 0 Å². The predicted octanol–water partition coefficient (Wildman–Crippen LogP) is 3.20. The van der Waals surface area contributed by atoms with Gasteiger partial charge in [0.15, 0.2) is 0 Å². The molecule has 0 spiro atoms. The van der Waals surface area contributed by atoms with Crippen LogP contribution in [0.15, 0.2) is 41.0 Å². The monoisotopic (exact) mass is 337 g/mol. The summed E-state index contributed by atoms with van der Waals surface area (Å²) in [6.45, 7) is 4.38. The molecule has 0 aromatic heterocycles. The van der Waals surface area contributed by atoms with Gasteiger partial charge in [-0.15, -0.1) is 23.8 Å². The second-order valence-electron chi connectivity index (χ2n) is 3.55. The normalized spacial score (nSPS) is 25.1. The molecule has 1 unspecified atom stereocenters. The van der Waals surface area contributed by atoms with Crippen molar-refractivity contribution in [3.63, 3.8) is 0 Å². The summed E-state index contributed by atoms with van der Waals surface area (Å²) >= 11 is 0. The third kappa shape index (κ3) is 2.19. The maximum absolute atomic E-state index is 3.36. The smallest absolute Gasteiger partial charge is 0 e. The van der Waals surface area contributed by atoms with Crippen molar-refractivity contribution in [3.05, 3.63) is 47.1 Å². The van der Waals surface area contributed by atoms with Crippen LogP contribution < -0.4 is 0 Å². The van der Waals surface area contributed by atoms with Gasteiger partial charge < -0.3 is 0 Å². The van der Waals surface area contributed by atoms with Crippen molar-refractivity contribution in [1.29, 1.82) is 0 Å². The van der Waals surface area contributed by atoms with Crippen LogP contribution in [0.1, 0.15) is 20.3 Å². The summed E-state index contributed by atoms with van der Waals surface area (Å²) in [6.07, 6.45) is 13.3. The summed E-state index contributed by atoms with van der Waals surface area (Å²) in [4.78, 5) is 0. The zero-order valence-corrected chi connectivity index (χ0v) is 11.7. The van der Waals surface area contributed by atoms with Crippen LogP contribution in [0.25, 0.3) is 0 Å². The maximum atomic E-state index is 3.36. The van der Waals surface area contributed by atoms with E-state index in [0.29, 0.717) is 5.92 Å². The molecular weight excluding hydrogens is 323 g/mol. The first-order valence-corrected chi connectivity index (χ1v) is 4.47. The van der Waals surface area contributed by atoms with Gasteiger partial charge in [0.2, 0.25) is 0 Å². The van der Waals surface area contributed by atoms with Crippen LogP contribution in [-0.4, -0.2) is 0 Å². The van der Waals surface area contributed by atoms with Gasteiger partial charge in [-0.1, -0.05) is 25.8 Å². The van der Waals surface area contributed by atoms with Crippen LogP contribution in [-0.2, 0) is 25.8 Å². The van der Waals surface area contributed by atoms with Gasteiger partial charge in [-0.05, 0) is 6.42 Å². The SMILES string of the molecule is CC1=[C-]C2=CC=CCC(C)C2=C1.[Hf]. The molecule has 1 atom stereocenters. The van der Waals surface area contributed by atoms with Gasteiger partial charge in [0.25, 0.3) is 0 Å². The van der Waals surface area contributed by atoms with E-state index in [1.165, 1.54) is 16.7 Å². The Balaban J connectivity index is 0.000000845. The molecule has 0 N–H and O–H groups in total. The molecule has 66 valence electrons. The minimum Gasteiger partial charge on any atom is -0.169 e. The standard InChI is InChI=1S/C12H13.Hf/c1-9-7-11-6-4-3-5-10(2)12(11)8-9;/h3-4,6,8,10H,5H2,1-2H3;/q-1;. The molecule has 1 heteroatoms. The van der Waals surface area contributed by atoms with E-state index in [2.05, 4.69) is 44.2 Å². The Labute approximate surface area is 98.9 Å². The minimum absolute atomic E-state index is 0. The summed E-state index contributed by atoms with van der Waals surface area (Å²) in [7, 11) is 0.